The molecule has 1 saturated heterocycles. The highest BCUT2D eigenvalue weighted by molar-refractivity contribution is 14.0. The fourth-order valence-corrected chi connectivity index (χ4v) is 2.74. The highest BCUT2D eigenvalue weighted by atomic mass is 127. The normalized spacial score (nSPS) is 13.9. The SMILES string of the molecule is CCNC(=NCC(=O)N1CCCC1)NCCCNC(=O)c1occc1C.I. The number of rotatable bonds is 8. The van der Waals surface area contributed by atoms with Crippen LogP contribution in [0.5, 0.6) is 0 Å². The molecule has 1 fully saturated rings. The number of hydrogen-bond donors (Lipinski definition) is 3. The van der Waals surface area contributed by atoms with Gasteiger partial charge in [0.15, 0.2) is 11.7 Å². The first-order valence-electron chi connectivity index (χ1n) is 9.24. The van der Waals surface area contributed by atoms with E-state index in [1.54, 1.807) is 6.07 Å². The molecule has 1 aromatic heterocycles. The molecule has 1 aromatic rings. The van der Waals surface area contributed by atoms with Gasteiger partial charge in [0.05, 0.1) is 6.26 Å². The van der Waals surface area contributed by atoms with Gasteiger partial charge in [-0.05, 0) is 39.2 Å². The van der Waals surface area contributed by atoms with E-state index in [9.17, 15) is 9.59 Å². The molecule has 2 heterocycles. The zero-order valence-corrected chi connectivity index (χ0v) is 18.4. The van der Waals surface area contributed by atoms with Gasteiger partial charge in [0.25, 0.3) is 5.91 Å². The van der Waals surface area contributed by atoms with Gasteiger partial charge in [-0.3, -0.25) is 9.59 Å². The summed E-state index contributed by atoms with van der Waals surface area (Å²) in [6, 6.07) is 1.76. The first kappa shape index (κ1) is 23.3. The van der Waals surface area contributed by atoms with Gasteiger partial charge in [0.2, 0.25) is 5.91 Å². The van der Waals surface area contributed by atoms with Gasteiger partial charge >= 0.3 is 0 Å². The number of aliphatic imine (C=N–C) groups is 1. The lowest BCUT2D eigenvalue weighted by Gasteiger charge is -2.15. The largest absolute Gasteiger partial charge is 0.459 e. The quantitative estimate of drug-likeness (QED) is 0.222. The van der Waals surface area contributed by atoms with Gasteiger partial charge in [-0.15, -0.1) is 24.0 Å². The molecule has 27 heavy (non-hydrogen) atoms. The molecule has 0 aliphatic carbocycles. The second-order valence-corrected chi connectivity index (χ2v) is 6.25. The summed E-state index contributed by atoms with van der Waals surface area (Å²) in [6.07, 6.45) is 4.40. The number of guanidine groups is 1. The lowest BCUT2D eigenvalue weighted by Crippen LogP contribution is -2.40. The standard InChI is InChI=1S/C18H29N5O3.HI/c1-3-19-18(22-13-15(24)23-10-4-5-11-23)21-9-6-8-20-17(25)16-14(2)7-12-26-16;/h7,12H,3-6,8-11,13H2,1-2H3,(H,20,25)(H2,19,21,22);1H. The summed E-state index contributed by atoms with van der Waals surface area (Å²) < 4.78 is 5.16. The Morgan fingerprint density at radius 2 is 1.89 bits per heavy atom. The van der Waals surface area contributed by atoms with Crippen molar-refractivity contribution in [2.24, 2.45) is 4.99 Å². The summed E-state index contributed by atoms with van der Waals surface area (Å²) >= 11 is 0. The van der Waals surface area contributed by atoms with E-state index in [1.165, 1.54) is 6.26 Å². The Bertz CT molecular complexity index is 626. The zero-order chi connectivity index (χ0) is 18.8. The van der Waals surface area contributed by atoms with Gasteiger partial charge in [-0.1, -0.05) is 0 Å². The smallest absolute Gasteiger partial charge is 0.287 e. The molecule has 0 aromatic carbocycles. The highest BCUT2D eigenvalue weighted by Crippen LogP contribution is 2.08. The second kappa shape index (κ2) is 12.6. The van der Waals surface area contributed by atoms with Gasteiger partial charge in [0, 0.05) is 38.3 Å². The van der Waals surface area contributed by atoms with E-state index in [1.807, 2.05) is 18.7 Å². The number of carbonyl (C=O) groups excluding carboxylic acids is 2. The van der Waals surface area contributed by atoms with Crippen LogP contribution in [-0.2, 0) is 4.79 Å². The molecule has 1 aliphatic rings. The van der Waals surface area contributed by atoms with Crippen molar-refractivity contribution >= 4 is 41.8 Å². The Kier molecular flexibility index (Phi) is 10.8. The number of hydrogen-bond acceptors (Lipinski definition) is 4. The summed E-state index contributed by atoms with van der Waals surface area (Å²) in [4.78, 5) is 30.2. The summed E-state index contributed by atoms with van der Waals surface area (Å²) in [6.45, 7) is 7.54. The van der Waals surface area contributed by atoms with Crippen LogP contribution in [0.25, 0.3) is 0 Å². The average Bonchev–Trinajstić information content (AvgIpc) is 3.30. The van der Waals surface area contributed by atoms with E-state index in [0.29, 0.717) is 24.8 Å². The van der Waals surface area contributed by atoms with Crippen molar-refractivity contribution in [2.75, 3.05) is 39.3 Å². The lowest BCUT2D eigenvalue weighted by molar-refractivity contribution is -0.128. The Morgan fingerprint density at radius 1 is 1.19 bits per heavy atom. The fourth-order valence-electron chi connectivity index (χ4n) is 2.74. The van der Waals surface area contributed by atoms with Crippen molar-refractivity contribution in [2.45, 2.75) is 33.1 Å². The van der Waals surface area contributed by atoms with Crippen molar-refractivity contribution < 1.29 is 14.0 Å². The van der Waals surface area contributed by atoms with Crippen LogP contribution < -0.4 is 16.0 Å². The Balaban J connectivity index is 0.00000364. The van der Waals surface area contributed by atoms with Crippen LogP contribution in [0.4, 0.5) is 0 Å². The maximum atomic E-state index is 12.1. The molecule has 0 atom stereocenters. The summed E-state index contributed by atoms with van der Waals surface area (Å²) in [7, 11) is 0. The third-order valence-electron chi connectivity index (χ3n) is 4.18. The van der Waals surface area contributed by atoms with Crippen LogP contribution in [0, 0.1) is 6.92 Å². The number of furan rings is 1. The first-order valence-corrected chi connectivity index (χ1v) is 9.24. The molecule has 9 heteroatoms. The van der Waals surface area contributed by atoms with E-state index in [4.69, 9.17) is 4.42 Å². The van der Waals surface area contributed by atoms with Crippen LogP contribution in [0.3, 0.4) is 0 Å². The number of nitrogens with one attached hydrogen (secondary N) is 3. The number of carbonyl (C=O) groups is 2. The molecule has 2 amide bonds. The number of amides is 2. The molecule has 2 rings (SSSR count). The maximum absolute atomic E-state index is 12.1. The summed E-state index contributed by atoms with van der Waals surface area (Å²) in [5.41, 5.74) is 0.824. The fraction of sp³-hybridized carbons (Fsp3) is 0.611. The van der Waals surface area contributed by atoms with Gasteiger partial charge in [-0.25, -0.2) is 4.99 Å². The Morgan fingerprint density at radius 3 is 2.52 bits per heavy atom. The van der Waals surface area contributed by atoms with Gasteiger partial charge in [-0.2, -0.15) is 0 Å². The van der Waals surface area contributed by atoms with Crippen molar-refractivity contribution in [3.63, 3.8) is 0 Å². The minimum atomic E-state index is -0.204. The first-order chi connectivity index (χ1) is 12.6. The molecule has 1 aliphatic heterocycles. The monoisotopic (exact) mass is 491 g/mol. The molecule has 0 saturated carbocycles. The molecule has 0 radical (unpaired) electrons. The third kappa shape index (κ3) is 7.77. The minimum Gasteiger partial charge on any atom is -0.459 e. The van der Waals surface area contributed by atoms with Crippen molar-refractivity contribution in [3.8, 4) is 0 Å². The molecule has 0 unspecified atom stereocenters. The predicted molar refractivity (Wildman–Crippen MR) is 116 cm³/mol. The molecule has 3 N–H and O–H groups in total. The van der Waals surface area contributed by atoms with Crippen molar-refractivity contribution in [3.05, 3.63) is 23.7 Å². The molecule has 8 nitrogen and oxygen atoms in total. The second-order valence-electron chi connectivity index (χ2n) is 6.25. The third-order valence-corrected chi connectivity index (χ3v) is 4.18. The van der Waals surface area contributed by atoms with E-state index in [-0.39, 0.29) is 42.3 Å². The van der Waals surface area contributed by atoms with Crippen molar-refractivity contribution in [1.82, 2.24) is 20.9 Å². The van der Waals surface area contributed by atoms with Crippen LogP contribution >= 0.6 is 24.0 Å². The molecular weight excluding hydrogens is 461 g/mol. The number of halogens is 1. The number of nitrogens with zero attached hydrogens (tertiary/aromatic N) is 2. The molecule has 152 valence electrons. The van der Waals surface area contributed by atoms with Gasteiger partial charge < -0.3 is 25.3 Å². The Hall–Kier alpha value is -1.78. The van der Waals surface area contributed by atoms with Crippen LogP contribution in [0.1, 0.15) is 42.3 Å². The van der Waals surface area contributed by atoms with E-state index in [2.05, 4.69) is 20.9 Å². The maximum Gasteiger partial charge on any atom is 0.287 e. The number of aryl methyl sites for hydroxylation is 1. The number of likely N-dealkylation sites (tertiary alicyclic amines) is 1. The highest BCUT2D eigenvalue weighted by Gasteiger charge is 2.17. The van der Waals surface area contributed by atoms with E-state index in [0.717, 1.165) is 44.5 Å². The Labute approximate surface area is 177 Å². The van der Waals surface area contributed by atoms with Crippen LogP contribution in [0.2, 0.25) is 0 Å². The summed E-state index contributed by atoms with van der Waals surface area (Å²) in [5.74, 6) is 0.839. The zero-order valence-electron chi connectivity index (χ0n) is 16.0. The predicted octanol–water partition coefficient (Wildman–Crippen LogP) is 1.50. The van der Waals surface area contributed by atoms with Crippen LogP contribution in [-0.4, -0.2) is 61.9 Å². The van der Waals surface area contributed by atoms with Crippen LogP contribution in [0.15, 0.2) is 21.7 Å². The average molecular weight is 491 g/mol. The lowest BCUT2D eigenvalue weighted by atomic mass is 10.2. The topological polar surface area (TPSA) is 99.0 Å². The molecular formula is C18H30IN5O3. The van der Waals surface area contributed by atoms with Gasteiger partial charge in [0.1, 0.15) is 6.54 Å². The minimum absolute atomic E-state index is 0. The molecule has 0 bridgehead atoms. The van der Waals surface area contributed by atoms with E-state index < -0.39 is 0 Å². The van der Waals surface area contributed by atoms with E-state index >= 15 is 0 Å². The van der Waals surface area contributed by atoms with Crippen molar-refractivity contribution in [1.29, 1.82) is 0 Å². The molecule has 0 spiro atoms. The summed E-state index contributed by atoms with van der Waals surface area (Å²) in [5, 5.41) is 9.13.